The van der Waals surface area contributed by atoms with Crippen LogP contribution in [0, 0.1) is 5.82 Å². The minimum absolute atomic E-state index is 0.0654. The molecular formula is C19H32FN3O3S. The predicted molar refractivity (Wildman–Crippen MR) is 106 cm³/mol. The van der Waals surface area contributed by atoms with Gasteiger partial charge in [-0.1, -0.05) is 12.5 Å². The number of benzene rings is 1. The highest BCUT2D eigenvalue weighted by atomic mass is 32.2. The van der Waals surface area contributed by atoms with Crippen molar-refractivity contribution < 1.29 is 17.5 Å². The summed E-state index contributed by atoms with van der Waals surface area (Å²) in [6, 6.07) is 4.34. The second-order valence-electron chi connectivity index (χ2n) is 7.29. The van der Waals surface area contributed by atoms with Gasteiger partial charge in [0.05, 0.1) is 5.75 Å². The first-order valence-corrected chi connectivity index (χ1v) is 11.3. The second kappa shape index (κ2) is 10.4. The van der Waals surface area contributed by atoms with Gasteiger partial charge in [-0.15, -0.1) is 0 Å². The molecule has 1 aromatic rings. The molecule has 1 aromatic carbocycles. The van der Waals surface area contributed by atoms with E-state index in [4.69, 9.17) is 10.5 Å². The monoisotopic (exact) mass is 401 g/mol. The number of nitrogens with one attached hydrogen (secondary N) is 1. The first-order valence-electron chi connectivity index (χ1n) is 9.65. The summed E-state index contributed by atoms with van der Waals surface area (Å²) in [6.07, 6.45) is 4.34. The van der Waals surface area contributed by atoms with Crippen LogP contribution in [-0.4, -0.2) is 51.9 Å². The number of hydrogen-bond donors (Lipinski definition) is 2. The molecule has 27 heavy (non-hydrogen) atoms. The molecular weight excluding hydrogens is 369 g/mol. The van der Waals surface area contributed by atoms with E-state index in [-0.39, 0.29) is 17.5 Å². The third-order valence-corrected chi connectivity index (χ3v) is 6.57. The van der Waals surface area contributed by atoms with Crippen molar-refractivity contribution in [3.05, 3.63) is 29.6 Å². The molecule has 2 rings (SSSR count). The smallest absolute Gasteiger partial charge is 0.212 e. The van der Waals surface area contributed by atoms with Gasteiger partial charge < -0.3 is 15.4 Å². The normalized spacial score (nSPS) is 19.3. The SMILES string of the molecule is C[C@@H](NS(=O)(=O)CCCCCN)c1ccc(F)c(OC[C@@H]2CCCN2C)c1. The van der Waals surface area contributed by atoms with Crippen molar-refractivity contribution >= 4 is 10.0 Å². The third kappa shape index (κ3) is 7.03. The molecule has 1 saturated heterocycles. The average Bonchev–Trinajstić information content (AvgIpc) is 3.02. The van der Waals surface area contributed by atoms with E-state index in [0.29, 0.717) is 25.1 Å². The Labute approximate surface area is 162 Å². The number of nitrogens with two attached hydrogens (primary N) is 1. The van der Waals surface area contributed by atoms with Crippen LogP contribution in [0.4, 0.5) is 4.39 Å². The van der Waals surface area contributed by atoms with Gasteiger partial charge in [-0.05, 0) is 70.4 Å². The molecule has 3 N–H and O–H groups in total. The van der Waals surface area contributed by atoms with E-state index in [1.807, 2.05) is 7.05 Å². The average molecular weight is 402 g/mol. The summed E-state index contributed by atoms with van der Waals surface area (Å²) in [6.45, 7) is 3.77. The van der Waals surface area contributed by atoms with Crippen LogP contribution in [0.25, 0.3) is 0 Å². The summed E-state index contributed by atoms with van der Waals surface area (Å²) in [5.41, 5.74) is 6.10. The fourth-order valence-corrected chi connectivity index (χ4v) is 4.66. The van der Waals surface area contributed by atoms with E-state index in [9.17, 15) is 12.8 Å². The van der Waals surface area contributed by atoms with Crippen molar-refractivity contribution in [2.75, 3.05) is 32.5 Å². The number of rotatable bonds is 11. The maximum absolute atomic E-state index is 14.1. The van der Waals surface area contributed by atoms with Crippen LogP contribution in [0.1, 0.15) is 50.6 Å². The van der Waals surface area contributed by atoms with Gasteiger partial charge in [-0.3, -0.25) is 0 Å². The molecule has 2 atom stereocenters. The molecule has 0 bridgehead atoms. The summed E-state index contributed by atoms with van der Waals surface area (Å²) < 4.78 is 46.9. The second-order valence-corrected chi connectivity index (χ2v) is 9.16. The number of likely N-dealkylation sites (N-methyl/N-ethyl adjacent to an activating group) is 1. The van der Waals surface area contributed by atoms with Crippen LogP contribution in [0.5, 0.6) is 5.75 Å². The molecule has 0 saturated carbocycles. The molecule has 8 heteroatoms. The molecule has 154 valence electrons. The Morgan fingerprint density at radius 2 is 2.15 bits per heavy atom. The first kappa shape index (κ1) is 22.1. The quantitative estimate of drug-likeness (QED) is 0.556. The number of hydrogen-bond acceptors (Lipinski definition) is 5. The van der Waals surface area contributed by atoms with Crippen LogP contribution in [0.2, 0.25) is 0 Å². The zero-order valence-electron chi connectivity index (χ0n) is 16.3. The van der Waals surface area contributed by atoms with Crippen LogP contribution in [-0.2, 0) is 10.0 Å². The van der Waals surface area contributed by atoms with Crippen LogP contribution in [0.3, 0.4) is 0 Å². The van der Waals surface area contributed by atoms with Gasteiger partial charge in [0.2, 0.25) is 10.0 Å². The highest BCUT2D eigenvalue weighted by molar-refractivity contribution is 7.89. The lowest BCUT2D eigenvalue weighted by molar-refractivity contribution is 0.193. The molecule has 6 nitrogen and oxygen atoms in total. The molecule has 0 aliphatic carbocycles. The minimum atomic E-state index is -3.40. The Hall–Kier alpha value is -1.22. The number of halogens is 1. The van der Waals surface area contributed by atoms with Crippen molar-refractivity contribution in [2.45, 2.75) is 51.1 Å². The van der Waals surface area contributed by atoms with Gasteiger partial charge in [0, 0.05) is 12.1 Å². The van der Waals surface area contributed by atoms with Gasteiger partial charge in [0.15, 0.2) is 11.6 Å². The van der Waals surface area contributed by atoms with Crippen molar-refractivity contribution in [1.82, 2.24) is 9.62 Å². The summed E-state index contributed by atoms with van der Waals surface area (Å²) >= 11 is 0. The highest BCUT2D eigenvalue weighted by Gasteiger charge is 2.22. The van der Waals surface area contributed by atoms with E-state index in [1.165, 1.54) is 6.07 Å². The summed E-state index contributed by atoms with van der Waals surface area (Å²) in [5.74, 6) is -0.200. The van der Waals surface area contributed by atoms with Crippen molar-refractivity contribution in [3.63, 3.8) is 0 Å². The Bertz CT molecular complexity index is 699. The zero-order valence-corrected chi connectivity index (χ0v) is 17.1. The highest BCUT2D eigenvalue weighted by Crippen LogP contribution is 2.25. The topological polar surface area (TPSA) is 84.7 Å². The summed E-state index contributed by atoms with van der Waals surface area (Å²) in [5, 5.41) is 0. The van der Waals surface area contributed by atoms with Crippen molar-refractivity contribution in [3.8, 4) is 5.75 Å². The van der Waals surface area contributed by atoms with Gasteiger partial charge in [0.25, 0.3) is 0 Å². The molecule has 1 aliphatic heterocycles. The van der Waals surface area contributed by atoms with E-state index in [1.54, 1.807) is 19.1 Å². The molecule has 1 fully saturated rings. The Balaban J connectivity index is 1.94. The van der Waals surface area contributed by atoms with E-state index >= 15 is 0 Å². The van der Waals surface area contributed by atoms with Crippen molar-refractivity contribution in [1.29, 1.82) is 0 Å². The Kier molecular flexibility index (Phi) is 8.47. The lowest BCUT2D eigenvalue weighted by Gasteiger charge is -2.21. The lowest BCUT2D eigenvalue weighted by Crippen LogP contribution is -2.31. The fourth-order valence-electron chi connectivity index (χ4n) is 3.29. The van der Waals surface area contributed by atoms with Gasteiger partial charge >= 0.3 is 0 Å². The Morgan fingerprint density at radius 3 is 2.81 bits per heavy atom. The zero-order chi connectivity index (χ0) is 19.9. The maximum atomic E-state index is 14.1. The third-order valence-electron chi connectivity index (χ3n) is 5.03. The Morgan fingerprint density at radius 1 is 1.37 bits per heavy atom. The maximum Gasteiger partial charge on any atom is 0.212 e. The molecule has 0 amide bonds. The molecule has 0 radical (unpaired) electrons. The molecule has 1 heterocycles. The van der Waals surface area contributed by atoms with Gasteiger partial charge in [0.1, 0.15) is 6.61 Å². The number of sulfonamides is 1. The molecule has 0 spiro atoms. The number of likely N-dealkylation sites (tertiary alicyclic amines) is 1. The number of unbranched alkanes of at least 4 members (excludes halogenated alkanes) is 2. The van der Waals surface area contributed by atoms with Crippen LogP contribution >= 0.6 is 0 Å². The van der Waals surface area contributed by atoms with Gasteiger partial charge in [-0.2, -0.15) is 0 Å². The van der Waals surface area contributed by atoms with E-state index < -0.39 is 21.9 Å². The van der Waals surface area contributed by atoms with Gasteiger partial charge in [-0.25, -0.2) is 17.5 Å². The van der Waals surface area contributed by atoms with Crippen molar-refractivity contribution in [2.24, 2.45) is 5.73 Å². The summed E-state index contributed by atoms with van der Waals surface area (Å²) in [7, 11) is -1.36. The number of nitrogens with zero attached hydrogens (tertiary/aromatic N) is 1. The molecule has 1 aliphatic rings. The van der Waals surface area contributed by atoms with Crippen LogP contribution in [0.15, 0.2) is 18.2 Å². The largest absolute Gasteiger partial charge is 0.489 e. The standard InChI is InChI=1S/C19H32FN3O3S/c1-15(22-27(24,25)12-5-3-4-10-21)16-8-9-18(20)19(13-16)26-14-17-7-6-11-23(17)2/h8-9,13,15,17,22H,3-7,10-12,14,21H2,1-2H3/t15-,17+/m1/s1. The lowest BCUT2D eigenvalue weighted by atomic mass is 10.1. The van der Waals surface area contributed by atoms with E-state index in [2.05, 4.69) is 9.62 Å². The van der Waals surface area contributed by atoms with Crippen LogP contribution < -0.4 is 15.2 Å². The summed E-state index contributed by atoms with van der Waals surface area (Å²) in [4.78, 5) is 2.21. The molecule has 0 aromatic heterocycles. The minimum Gasteiger partial charge on any atom is -0.489 e. The number of ether oxygens (including phenoxy) is 1. The fraction of sp³-hybridized carbons (Fsp3) is 0.684. The molecule has 0 unspecified atom stereocenters. The predicted octanol–water partition coefficient (Wildman–Crippen LogP) is 2.41. The van der Waals surface area contributed by atoms with E-state index in [0.717, 1.165) is 32.2 Å². The first-order chi connectivity index (χ1) is 12.8.